The van der Waals surface area contributed by atoms with Gasteiger partial charge in [0.1, 0.15) is 0 Å². The minimum atomic E-state index is -1.12. The summed E-state index contributed by atoms with van der Waals surface area (Å²) in [5.41, 5.74) is 0. The third-order valence-electron chi connectivity index (χ3n) is 1.66. The van der Waals surface area contributed by atoms with Gasteiger partial charge in [0.2, 0.25) is 0 Å². The summed E-state index contributed by atoms with van der Waals surface area (Å²) in [6.45, 7) is 5.00. The molecule has 0 spiro atoms. The van der Waals surface area contributed by atoms with Crippen molar-refractivity contribution in [2.45, 2.75) is 71.7 Å². The van der Waals surface area contributed by atoms with Gasteiger partial charge < -0.3 is 51.1 Å². The Morgan fingerprint density at radius 3 is 0.680 bits per heavy atom. The van der Waals surface area contributed by atoms with E-state index < -0.39 is 18.9 Å². The first-order chi connectivity index (χ1) is 11.6. The van der Waals surface area contributed by atoms with Gasteiger partial charge in [-0.3, -0.25) is 0 Å². The Kier molecular flexibility index (Phi) is 55.5. The molecule has 0 fully saturated rings. The lowest BCUT2D eigenvalue weighted by Gasteiger charge is -1.94. The van der Waals surface area contributed by atoms with Gasteiger partial charge in [0.05, 0.1) is 26.4 Å². The van der Waals surface area contributed by atoms with Gasteiger partial charge >= 0.3 is 0 Å². The van der Waals surface area contributed by atoms with Gasteiger partial charge in [0, 0.05) is 0 Å². The predicted molar refractivity (Wildman–Crippen MR) is 93.1 cm³/mol. The van der Waals surface area contributed by atoms with E-state index in [9.17, 15) is 0 Å². The molecule has 0 saturated heterocycles. The second kappa shape index (κ2) is 38.9. The van der Waals surface area contributed by atoms with Crippen LogP contribution in [0.2, 0.25) is 0 Å². The van der Waals surface area contributed by atoms with Crippen molar-refractivity contribution in [3.05, 3.63) is 0 Å². The first kappa shape index (κ1) is 35.7. The van der Waals surface area contributed by atoms with Crippen LogP contribution in [0.4, 0.5) is 0 Å². The molecule has 0 saturated carbocycles. The SMILES string of the molecule is CCC(O)O.CCCC(O)O.CCCC(O)O.OCCO.OCCO. The van der Waals surface area contributed by atoms with Crippen LogP contribution in [-0.2, 0) is 0 Å². The third-order valence-corrected chi connectivity index (χ3v) is 1.66. The molecule has 25 heavy (non-hydrogen) atoms. The van der Waals surface area contributed by atoms with E-state index in [2.05, 4.69) is 0 Å². The van der Waals surface area contributed by atoms with Crippen molar-refractivity contribution in [2.75, 3.05) is 26.4 Å². The molecule has 10 N–H and O–H groups in total. The molecule has 160 valence electrons. The molecule has 10 nitrogen and oxygen atoms in total. The minimum absolute atomic E-state index is 0.125. The Morgan fingerprint density at radius 2 is 0.680 bits per heavy atom. The molecule has 0 aromatic rings. The fourth-order valence-corrected chi connectivity index (χ4v) is 0.516. The summed E-state index contributed by atoms with van der Waals surface area (Å²) in [5.74, 6) is 0. The summed E-state index contributed by atoms with van der Waals surface area (Å²) < 4.78 is 0. The van der Waals surface area contributed by atoms with E-state index in [0.29, 0.717) is 19.3 Å². The van der Waals surface area contributed by atoms with Crippen molar-refractivity contribution in [1.82, 2.24) is 0 Å². The third kappa shape index (κ3) is 119. The molecule has 0 atom stereocenters. The second-order valence-corrected chi connectivity index (χ2v) is 4.32. The fraction of sp³-hybridized carbons (Fsp3) is 1.00. The monoisotopic (exact) mass is 380 g/mol. The summed E-state index contributed by atoms with van der Waals surface area (Å²) >= 11 is 0. The van der Waals surface area contributed by atoms with Crippen molar-refractivity contribution in [3.8, 4) is 0 Å². The first-order valence-electron chi connectivity index (χ1n) is 8.16. The zero-order valence-electron chi connectivity index (χ0n) is 15.6. The average molecular weight is 380 g/mol. The molecule has 0 amide bonds. The molecule has 0 rings (SSSR count). The maximum Gasteiger partial charge on any atom is 0.151 e. The van der Waals surface area contributed by atoms with E-state index in [1.807, 2.05) is 13.8 Å². The smallest absolute Gasteiger partial charge is 0.151 e. The van der Waals surface area contributed by atoms with Crippen molar-refractivity contribution in [3.63, 3.8) is 0 Å². The lowest BCUT2D eigenvalue weighted by Crippen LogP contribution is -2.01. The fourth-order valence-electron chi connectivity index (χ4n) is 0.516. The van der Waals surface area contributed by atoms with E-state index in [4.69, 9.17) is 51.1 Å². The van der Waals surface area contributed by atoms with Gasteiger partial charge in [-0.1, -0.05) is 33.6 Å². The van der Waals surface area contributed by atoms with Crippen LogP contribution in [0.3, 0.4) is 0 Å². The Balaban J connectivity index is -0.0000000675. The van der Waals surface area contributed by atoms with Crippen LogP contribution in [-0.4, -0.2) is 96.4 Å². The van der Waals surface area contributed by atoms with Crippen LogP contribution < -0.4 is 0 Å². The quantitative estimate of drug-likeness (QED) is 0.217. The van der Waals surface area contributed by atoms with Crippen LogP contribution in [0.1, 0.15) is 52.9 Å². The maximum absolute atomic E-state index is 8.11. The van der Waals surface area contributed by atoms with E-state index in [1.165, 1.54) is 0 Å². The number of aliphatic hydroxyl groups is 10. The molecular weight excluding hydrogens is 340 g/mol. The molecule has 0 aliphatic heterocycles. The Bertz CT molecular complexity index is 150. The van der Waals surface area contributed by atoms with Gasteiger partial charge in [0.25, 0.3) is 0 Å². The second-order valence-electron chi connectivity index (χ2n) is 4.32. The van der Waals surface area contributed by atoms with Gasteiger partial charge in [-0.25, -0.2) is 0 Å². The van der Waals surface area contributed by atoms with Gasteiger partial charge in [0.15, 0.2) is 18.9 Å². The number of aliphatic hydroxyl groups excluding tert-OH is 7. The number of hydrogen-bond donors (Lipinski definition) is 10. The predicted octanol–water partition coefficient (Wildman–Crippen LogP) is -2.16. The molecule has 0 aromatic carbocycles. The van der Waals surface area contributed by atoms with Crippen LogP contribution in [0, 0.1) is 0 Å². The highest BCUT2D eigenvalue weighted by Gasteiger charge is 1.89. The first-order valence-corrected chi connectivity index (χ1v) is 8.16. The lowest BCUT2D eigenvalue weighted by molar-refractivity contribution is -0.0460. The van der Waals surface area contributed by atoms with Gasteiger partial charge in [-0.15, -0.1) is 0 Å². The van der Waals surface area contributed by atoms with Gasteiger partial charge in [-0.2, -0.15) is 0 Å². The molecule has 0 heterocycles. The summed E-state index contributed by atoms with van der Waals surface area (Å²) in [6.07, 6.45) is -0.269. The summed E-state index contributed by atoms with van der Waals surface area (Å²) in [7, 11) is 0. The van der Waals surface area contributed by atoms with E-state index >= 15 is 0 Å². The number of hydrogen-bond acceptors (Lipinski definition) is 10. The van der Waals surface area contributed by atoms with Crippen LogP contribution in [0.15, 0.2) is 0 Å². The minimum Gasteiger partial charge on any atom is -0.394 e. The highest BCUT2D eigenvalue weighted by Crippen LogP contribution is 1.88. The van der Waals surface area contributed by atoms with Crippen molar-refractivity contribution in [1.29, 1.82) is 0 Å². The zero-order valence-corrected chi connectivity index (χ0v) is 15.6. The van der Waals surface area contributed by atoms with Crippen molar-refractivity contribution < 1.29 is 51.1 Å². The Hall–Kier alpha value is -0.400. The highest BCUT2D eigenvalue weighted by atomic mass is 16.5. The van der Waals surface area contributed by atoms with Crippen LogP contribution in [0.25, 0.3) is 0 Å². The van der Waals surface area contributed by atoms with E-state index in [-0.39, 0.29) is 26.4 Å². The highest BCUT2D eigenvalue weighted by molar-refractivity contribution is 4.31. The Morgan fingerprint density at radius 1 is 0.480 bits per heavy atom. The summed E-state index contributed by atoms with van der Waals surface area (Å²) in [4.78, 5) is 0. The van der Waals surface area contributed by atoms with E-state index in [1.54, 1.807) is 6.92 Å². The van der Waals surface area contributed by atoms with E-state index in [0.717, 1.165) is 12.8 Å². The van der Waals surface area contributed by atoms with Gasteiger partial charge in [-0.05, 0) is 19.3 Å². The molecular formula is C15H40O10. The molecule has 10 heteroatoms. The normalized spacial score (nSPS) is 9.12. The summed E-state index contributed by atoms with van der Waals surface area (Å²) in [6, 6.07) is 0. The standard InChI is InChI=1S/2C4H10O2.C3H8O2.2C2H6O2/c2*1-2-3-4(5)6;1-2-3(4)5;2*3-1-2-4/h2*4-6H,2-3H2,1H3;3-5H,2H2,1H3;2*3-4H,1-2H2. The van der Waals surface area contributed by atoms with Crippen LogP contribution in [0.5, 0.6) is 0 Å². The summed E-state index contributed by atoms with van der Waals surface area (Å²) in [5, 5.41) is 78.8. The Labute approximate surface area is 150 Å². The molecule has 0 aliphatic carbocycles. The maximum atomic E-state index is 8.11. The van der Waals surface area contributed by atoms with Crippen molar-refractivity contribution in [2.24, 2.45) is 0 Å². The molecule has 0 bridgehead atoms. The molecule has 0 unspecified atom stereocenters. The van der Waals surface area contributed by atoms with Crippen molar-refractivity contribution >= 4 is 0 Å². The molecule has 0 radical (unpaired) electrons. The zero-order chi connectivity index (χ0) is 21.1. The molecule has 0 aromatic heterocycles. The molecule has 0 aliphatic rings. The average Bonchev–Trinajstić information content (AvgIpc) is 2.56. The van der Waals surface area contributed by atoms with Crippen LogP contribution >= 0.6 is 0 Å². The largest absolute Gasteiger partial charge is 0.394 e. The number of rotatable bonds is 7. The lowest BCUT2D eigenvalue weighted by atomic mass is 10.3. The topological polar surface area (TPSA) is 202 Å².